The van der Waals surface area contributed by atoms with Crippen molar-refractivity contribution in [3.8, 4) is 0 Å². The van der Waals surface area contributed by atoms with Crippen LogP contribution in [0.1, 0.15) is 31.2 Å². The standard InChI is InChI=1S/C16H22F2N2O/c17-14-2-1-3-15(18)13(14)8-11-20-16(21)5-4-12-6-9-19-10-7-12/h1-3,12,19H,4-11H2,(H,20,21). The molecule has 1 fully saturated rings. The van der Waals surface area contributed by atoms with Crippen LogP contribution >= 0.6 is 0 Å². The number of piperidine rings is 1. The molecule has 0 radical (unpaired) electrons. The molecule has 0 atom stereocenters. The zero-order chi connectivity index (χ0) is 15.1. The zero-order valence-electron chi connectivity index (χ0n) is 12.1. The summed E-state index contributed by atoms with van der Waals surface area (Å²) in [7, 11) is 0. The normalized spacial score (nSPS) is 15.9. The van der Waals surface area contributed by atoms with Gasteiger partial charge in [-0.15, -0.1) is 0 Å². The van der Waals surface area contributed by atoms with Gasteiger partial charge in [-0.3, -0.25) is 4.79 Å². The van der Waals surface area contributed by atoms with E-state index in [1.165, 1.54) is 18.2 Å². The van der Waals surface area contributed by atoms with E-state index in [1.807, 2.05) is 0 Å². The third-order valence-electron chi connectivity index (χ3n) is 4.00. The minimum atomic E-state index is -0.557. The highest BCUT2D eigenvalue weighted by atomic mass is 19.1. The van der Waals surface area contributed by atoms with Crippen LogP contribution in [0.15, 0.2) is 18.2 Å². The molecule has 0 unspecified atom stereocenters. The van der Waals surface area contributed by atoms with Gasteiger partial charge in [0.25, 0.3) is 0 Å². The molecule has 0 spiro atoms. The lowest BCUT2D eigenvalue weighted by atomic mass is 9.93. The summed E-state index contributed by atoms with van der Waals surface area (Å²) in [5.41, 5.74) is 0.0381. The number of nitrogens with one attached hydrogen (secondary N) is 2. The van der Waals surface area contributed by atoms with Crippen LogP contribution in [-0.2, 0) is 11.2 Å². The molecule has 2 rings (SSSR count). The first kappa shape index (κ1) is 15.9. The Morgan fingerprint density at radius 2 is 1.90 bits per heavy atom. The largest absolute Gasteiger partial charge is 0.356 e. The third-order valence-corrected chi connectivity index (χ3v) is 4.00. The van der Waals surface area contributed by atoms with Gasteiger partial charge in [0.1, 0.15) is 11.6 Å². The van der Waals surface area contributed by atoms with Crippen LogP contribution in [0.4, 0.5) is 8.78 Å². The van der Waals surface area contributed by atoms with Crippen LogP contribution in [-0.4, -0.2) is 25.5 Å². The Labute approximate surface area is 124 Å². The van der Waals surface area contributed by atoms with Crippen LogP contribution in [0.5, 0.6) is 0 Å². The molecule has 1 heterocycles. The average Bonchev–Trinajstić information content (AvgIpc) is 2.49. The average molecular weight is 296 g/mol. The van der Waals surface area contributed by atoms with Gasteiger partial charge in [0.2, 0.25) is 5.91 Å². The Morgan fingerprint density at radius 1 is 1.24 bits per heavy atom. The predicted molar refractivity (Wildman–Crippen MR) is 77.9 cm³/mol. The van der Waals surface area contributed by atoms with Crippen molar-refractivity contribution in [2.75, 3.05) is 19.6 Å². The lowest BCUT2D eigenvalue weighted by molar-refractivity contribution is -0.121. The summed E-state index contributed by atoms with van der Waals surface area (Å²) in [5, 5.41) is 6.03. The van der Waals surface area contributed by atoms with E-state index in [-0.39, 0.29) is 24.4 Å². The molecule has 1 saturated heterocycles. The molecule has 1 aliphatic heterocycles. The van der Waals surface area contributed by atoms with Gasteiger partial charge < -0.3 is 10.6 Å². The molecule has 5 heteroatoms. The number of rotatable bonds is 6. The minimum Gasteiger partial charge on any atom is -0.356 e. The molecule has 1 aromatic rings. The molecule has 0 aromatic heterocycles. The van der Waals surface area contributed by atoms with Gasteiger partial charge in [-0.05, 0) is 56.8 Å². The van der Waals surface area contributed by atoms with E-state index >= 15 is 0 Å². The maximum absolute atomic E-state index is 13.4. The molecule has 0 aliphatic carbocycles. The fourth-order valence-electron chi connectivity index (χ4n) is 2.69. The van der Waals surface area contributed by atoms with E-state index in [1.54, 1.807) is 0 Å². The highest BCUT2D eigenvalue weighted by molar-refractivity contribution is 5.75. The zero-order valence-corrected chi connectivity index (χ0v) is 12.1. The highest BCUT2D eigenvalue weighted by Gasteiger charge is 2.14. The maximum atomic E-state index is 13.4. The maximum Gasteiger partial charge on any atom is 0.220 e. The van der Waals surface area contributed by atoms with Crippen molar-refractivity contribution in [2.45, 2.75) is 32.1 Å². The van der Waals surface area contributed by atoms with Gasteiger partial charge in [-0.2, -0.15) is 0 Å². The minimum absolute atomic E-state index is 0.0368. The summed E-state index contributed by atoms with van der Waals surface area (Å²) in [6, 6.07) is 3.81. The van der Waals surface area contributed by atoms with E-state index in [4.69, 9.17) is 0 Å². The molecule has 3 nitrogen and oxygen atoms in total. The molecule has 1 aliphatic rings. The van der Waals surface area contributed by atoms with Crippen LogP contribution in [0.25, 0.3) is 0 Å². The van der Waals surface area contributed by atoms with Crippen molar-refractivity contribution < 1.29 is 13.6 Å². The van der Waals surface area contributed by atoms with Crippen LogP contribution < -0.4 is 10.6 Å². The second-order valence-corrected chi connectivity index (χ2v) is 5.53. The first-order valence-electron chi connectivity index (χ1n) is 7.57. The molecule has 1 amide bonds. The number of carbonyl (C=O) groups is 1. The van der Waals surface area contributed by atoms with Crippen LogP contribution in [0.2, 0.25) is 0 Å². The quantitative estimate of drug-likeness (QED) is 0.846. The summed E-state index contributed by atoms with van der Waals surface area (Å²) in [4.78, 5) is 11.7. The molecule has 0 saturated carbocycles. The predicted octanol–water partition coefficient (Wildman–Crippen LogP) is 2.40. The fraction of sp³-hybridized carbons (Fsp3) is 0.562. The van der Waals surface area contributed by atoms with Gasteiger partial charge in [-0.25, -0.2) is 8.78 Å². The first-order chi connectivity index (χ1) is 10.2. The van der Waals surface area contributed by atoms with Gasteiger partial charge >= 0.3 is 0 Å². The van der Waals surface area contributed by atoms with Crippen molar-refractivity contribution in [1.29, 1.82) is 0 Å². The van der Waals surface area contributed by atoms with Crippen LogP contribution in [0, 0.1) is 17.6 Å². The second-order valence-electron chi connectivity index (χ2n) is 5.53. The van der Waals surface area contributed by atoms with Crippen molar-refractivity contribution in [3.63, 3.8) is 0 Å². The van der Waals surface area contributed by atoms with Gasteiger partial charge in [0.15, 0.2) is 0 Å². The third kappa shape index (κ3) is 5.08. The molecule has 0 bridgehead atoms. The van der Waals surface area contributed by atoms with Crippen LogP contribution in [0.3, 0.4) is 0 Å². The smallest absolute Gasteiger partial charge is 0.220 e. The molecule has 2 N–H and O–H groups in total. The van der Waals surface area contributed by atoms with Crippen molar-refractivity contribution >= 4 is 5.91 Å². The number of hydrogen-bond donors (Lipinski definition) is 2. The molecular weight excluding hydrogens is 274 g/mol. The van der Waals surface area contributed by atoms with Gasteiger partial charge in [-0.1, -0.05) is 6.07 Å². The number of hydrogen-bond acceptors (Lipinski definition) is 2. The van der Waals surface area contributed by atoms with E-state index in [2.05, 4.69) is 10.6 Å². The van der Waals surface area contributed by atoms with E-state index < -0.39 is 11.6 Å². The molecule has 116 valence electrons. The number of halogens is 2. The number of amides is 1. The summed E-state index contributed by atoms with van der Waals surface area (Å²) in [6.07, 6.45) is 3.80. The Balaban J connectivity index is 1.67. The van der Waals surface area contributed by atoms with Crippen molar-refractivity contribution in [2.24, 2.45) is 5.92 Å². The summed E-state index contributed by atoms with van der Waals surface area (Å²) >= 11 is 0. The summed E-state index contributed by atoms with van der Waals surface area (Å²) < 4.78 is 26.8. The molecule has 1 aromatic carbocycles. The second kappa shape index (κ2) is 8.08. The first-order valence-corrected chi connectivity index (χ1v) is 7.57. The van der Waals surface area contributed by atoms with E-state index in [0.29, 0.717) is 12.3 Å². The van der Waals surface area contributed by atoms with Crippen molar-refractivity contribution in [3.05, 3.63) is 35.4 Å². The lowest BCUT2D eigenvalue weighted by Crippen LogP contribution is -2.30. The van der Waals surface area contributed by atoms with E-state index in [9.17, 15) is 13.6 Å². The Morgan fingerprint density at radius 3 is 2.57 bits per heavy atom. The highest BCUT2D eigenvalue weighted by Crippen LogP contribution is 2.17. The Bertz CT molecular complexity index is 453. The summed E-state index contributed by atoms with van der Waals surface area (Å²) in [5.74, 6) is -0.538. The topological polar surface area (TPSA) is 41.1 Å². The fourth-order valence-corrected chi connectivity index (χ4v) is 2.69. The lowest BCUT2D eigenvalue weighted by Gasteiger charge is -2.22. The number of benzene rings is 1. The summed E-state index contributed by atoms with van der Waals surface area (Å²) in [6.45, 7) is 2.32. The van der Waals surface area contributed by atoms with Crippen molar-refractivity contribution in [1.82, 2.24) is 10.6 Å². The molecule has 21 heavy (non-hydrogen) atoms. The molecular formula is C16H22F2N2O. The SMILES string of the molecule is O=C(CCC1CCNCC1)NCCc1c(F)cccc1F. The number of carbonyl (C=O) groups excluding carboxylic acids is 1. The Kier molecular flexibility index (Phi) is 6.11. The van der Waals surface area contributed by atoms with Gasteiger partial charge in [0.05, 0.1) is 0 Å². The Hall–Kier alpha value is -1.49. The van der Waals surface area contributed by atoms with E-state index in [0.717, 1.165) is 32.4 Å². The monoisotopic (exact) mass is 296 g/mol. The van der Waals surface area contributed by atoms with Gasteiger partial charge in [0, 0.05) is 18.5 Å².